The minimum Gasteiger partial charge on any atom is -0.399 e. The van der Waals surface area contributed by atoms with Gasteiger partial charge in [-0.25, -0.2) is 4.39 Å². The van der Waals surface area contributed by atoms with Gasteiger partial charge in [0.1, 0.15) is 5.82 Å². The van der Waals surface area contributed by atoms with E-state index in [0.29, 0.717) is 5.69 Å². The number of nitrogens with zero attached hydrogens (tertiary/aromatic N) is 1. The van der Waals surface area contributed by atoms with Crippen molar-refractivity contribution >= 4 is 22.7 Å². The van der Waals surface area contributed by atoms with Crippen molar-refractivity contribution in [3.63, 3.8) is 0 Å². The van der Waals surface area contributed by atoms with Gasteiger partial charge in [-0.3, -0.25) is 0 Å². The van der Waals surface area contributed by atoms with Gasteiger partial charge >= 0.3 is 0 Å². The molecule has 0 radical (unpaired) electrons. The van der Waals surface area contributed by atoms with Gasteiger partial charge in [0.25, 0.3) is 0 Å². The molecule has 4 heteroatoms. The summed E-state index contributed by atoms with van der Waals surface area (Å²) in [4.78, 5) is 3.66. The molecule has 0 saturated carbocycles. The maximum Gasteiger partial charge on any atom is 0.127 e. The molecule has 0 fully saturated rings. The molecule has 2 N–H and O–H groups in total. The lowest BCUT2D eigenvalue weighted by Crippen LogP contribution is -2.33. The minimum atomic E-state index is -0.270. The van der Waals surface area contributed by atoms with Gasteiger partial charge in [-0.1, -0.05) is 0 Å². The Kier molecular flexibility index (Phi) is 2.74. The summed E-state index contributed by atoms with van der Waals surface area (Å²) in [5, 5.41) is 2.13. The summed E-state index contributed by atoms with van der Waals surface area (Å²) in [5.41, 5.74) is 8.43. The van der Waals surface area contributed by atoms with Crippen molar-refractivity contribution in [3.05, 3.63) is 45.9 Å². The standard InChI is InChI=1S/C14H15FN2S/c1-9-13-3-5-18-14(13)2-4-17(9)12-7-10(15)6-11(16)8-12/h3,5-9H,2,4,16H2,1H3. The van der Waals surface area contributed by atoms with Gasteiger partial charge in [0.05, 0.1) is 6.04 Å². The number of nitrogens with two attached hydrogens (primary N) is 1. The maximum atomic E-state index is 13.4. The van der Waals surface area contributed by atoms with Crippen LogP contribution < -0.4 is 10.6 Å². The van der Waals surface area contributed by atoms with Crippen LogP contribution in [0.2, 0.25) is 0 Å². The number of nitrogen functional groups attached to an aromatic ring is 1. The Morgan fingerprint density at radius 2 is 2.22 bits per heavy atom. The van der Waals surface area contributed by atoms with E-state index in [-0.39, 0.29) is 11.9 Å². The first-order valence-electron chi connectivity index (χ1n) is 6.04. The number of halogens is 1. The Balaban J connectivity index is 1.99. The highest BCUT2D eigenvalue weighted by Gasteiger charge is 2.25. The summed E-state index contributed by atoms with van der Waals surface area (Å²) < 4.78 is 13.4. The van der Waals surface area contributed by atoms with Gasteiger partial charge in [0, 0.05) is 22.8 Å². The van der Waals surface area contributed by atoms with E-state index in [9.17, 15) is 4.39 Å². The fraction of sp³-hybridized carbons (Fsp3) is 0.286. The molecule has 2 nitrogen and oxygen atoms in total. The first-order valence-corrected chi connectivity index (χ1v) is 6.92. The van der Waals surface area contributed by atoms with E-state index in [2.05, 4.69) is 23.3 Å². The van der Waals surface area contributed by atoms with Gasteiger partial charge in [-0.05, 0) is 48.6 Å². The third-order valence-electron chi connectivity index (χ3n) is 3.51. The molecule has 1 atom stereocenters. The molecule has 18 heavy (non-hydrogen) atoms. The first-order chi connectivity index (χ1) is 8.65. The van der Waals surface area contributed by atoms with Crippen LogP contribution in [-0.4, -0.2) is 6.54 Å². The average molecular weight is 262 g/mol. The number of hydrogen-bond acceptors (Lipinski definition) is 3. The summed E-state index contributed by atoms with van der Waals surface area (Å²) in [5.74, 6) is -0.270. The molecule has 1 aromatic heterocycles. The van der Waals surface area contributed by atoms with Crippen LogP contribution in [0.1, 0.15) is 23.4 Å². The summed E-state index contributed by atoms with van der Waals surface area (Å²) in [6, 6.07) is 7.20. The molecule has 0 amide bonds. The molecule has 0 spiro atoms. The molecule has 0 saturated heterocycles. The van der Waals surface area contributed by atoms with Gasteiger partial charge < -0.3 is 10.6 Å². The van der Waals surface area contributed by atoms with E-state index in [1.165, 1.54) is 16.5 Å². The third kappa shape index (κ3) is 1.86. The van der Waals surface area contributed by atoms with Crippen molar-refractivity contribution in [2.75, 3.05) is 17.2 Å². The van der Waals surface area contributed by atoms with Crippen molar-refractivity contribution in [1.29, 1.82) is 0 Å². The third-order valence-corrected chi connectivity index (χ3v) is 4.51. The number of thiophene rings is 1. The van der Waals surface area contributed by atoms with Gasteiger partial charge in [0.15, 0.2) is 0 Å². The second-order valence-electron chi connectivity index (χ2n) is 4.66. The van der Waals surface area contributed by atoms with E-state index in [0.717, 1.165) is 18.7 Å². The molecule has 94 valence electrons. The molecule has 1 aliphatic heterocycles. The Morgan fingerprint density at radius 3 is 3.00 bits per heavy atom. The molecular formula is C14H15FN2S. The average Bonchev–Trinajstić information content (AvgIpc) is 2.77. The minimum absolute atomic E-state index is 0.270. The van der Waals surface area contributed by atoms with Gasteiger partial charge in [0.2, 0.25) is 0 Å². The highest BCUT2D eigenvalue weighted by atomic mass is 32.1. The smallest absolute Gasteiger partial charge is 0.127 e. The van der Waals surface area contributed by atoms with E-state index in [1.807, 2.05) is 17.4 Å². The van der Waals surface area contributed by atoms with E-state index >= 15 is 0 Å². The quantitative estimate of drug-likeness (QED) is 0.796. The number of rotatable bonds is 1. The first kappa shape index (κ1) is 11.5. The second kappa shape index (κ2) is 4.28. The lowest BCUT2D eigenvalue weighted by Gasteiger charge is -2.35. The molecule has 1 unspecified atom stereocenters. The van der Waals surface area contributed by atoms with Crippen molar-refractivity contribution < 1.29 is 4.39 Å². The van der Waals surface area contributed by atoms with Crippen LogP contribution in [0.5, 0.6) is 0 Å². The van der Waals surface area contributed by atoms with Crippen molar-refractivity contribution in [2.45, 2.75) is 19.4 Å². The number of benzene rings is 1. The summed E-state index contributed by atoms with van der Waals surface area (Å²) in [6.45, 7) is 3.07. The largest absolute Gasteiger partial charge is 0.399 e. The molecule has 3 rings (SSSR count). The number of fused-ring (bicyclic) bond motifs is 1. The summed E-state index contributed by atoms with van der Waals surface area (Å²) >= 11 is 1.81. The van der Waals surface area contributed by atoms with Crippen LogP contribution in [0.15, 0.2) is 29.6 Å². The predicted octanol–water partition coefficient (Wildman–Crippen LogP) is 3.59. The molecule has 0 aliphatic carbocycles. The maximum absolute atomic E-state index is 13.4. The van der Waals surface area contributed by atoms with Gasteiger partial charge in [-0.2, -0.15) is 0 Å². The monoisotopic (exact) mass is 262 g/mol. The molecule has 2 aromatic rings. The molecule has 2 heterocycles. The van der Waals surface area contributed by atoms with E-state index < -0.39 is 0 Å². The van der Waals surface area contributed by atoms with E-state index in [1.54, 1.807) is 6.07 Å². The Morgan fingerprint density at radius 1 is 1.39 bits per heavy atom. The van der Waals surface area contributed by atoms with Crippen LogP contribution in [0.3, 0.4) is 0 Å². The SMILES string of the molecule is CC1c2ccsc2CCN1c1cc(N)cc(F)c1. The Hall–Kier alpha value is -1.55. The molecule has 1 aromatic carbocycles. The fourth-order valence-electron chi connectivity index (χ4n) is 2.62. The Bertz CT molecular complexity index is 559. The number of hydrogen-bond donors (Lipinski definition) is 1. The zero-order chi connectivity index (χ0) is 12.7. The summed E-state index contributed by atoms with van der Waals surface area (Å²) in [7, 11) is 0. The molecule has 1 aliphatic rings. The topological polar surface area (TPSA) is 29.3 Å². The second-order valence-corrected chi connectivity index (χ2v) is 5.66. The zero-order valence-electron chi connectivity index (χ0n) is 10.2. The zero-order valence-corrected chi connectivity index (χ0v) is 11.0. The van der Waals surface area contributed by atoms with Crippen molar-refractivity contribution in [1.82, 2.24) is 0 Å². The summed E-state index contributed by atoms with van der Waals surface area (Å²) in [6.07, 6.45) is 1.02. The highest BCUT2D eigenvalue weighted by Crippen LogP contribution is 2.36. The van der Waals surface area contributed by atoms with Crippen LogP contribution in [0, 0.1) is 5.82 Å². The predicted molar refractivity (Wildman–Crippen MR) is 74.6 cm³/mol. The van der Waals surface area contributed by atoms with E-state index in [4.69, 9.17) is 5.73 Å². The lowest BCUT2D eigenvalue weighted by molar-refractivity contribution is 0.612. The van der Waals surface area contributed by atoms with Crippen molar-refractivity contribution in [3.8, 4) is 0 Å². The van der Waals surface area contributed by atoms with Gasteiger partial charge in [-0.15, -0.1) is 11.3 Å². The fourth-order valence-corrected chi connectivity index (χ4v) is 3.59. The lowest BCUT2D eigenvalue weighted by atomic mass is 10.0. The van der Waals surface area contributed by atoms with Crippen molar-refractivity contribution in [2.24, 2.45) is 0 Å². The van der Waals surface area contributed by atoms with Crippen LogP contribution in [0.25, 0.3) is 0 Å². The Labute approximate surface area is 110 Å². The van der Waals surface area contributed by atoms with Crippen LogP contribution in [0.4, 0.5) is 15.8 Å². The molecular weight excluding hydrogens is 247 g/mol. The van der Waals surface area contributed by atoms with Crippen LogP contribution >= 0.6 is 11.3 Å². The molecule has 0 bridgehead atoms. The normalized spacial score (nSPS) is 18.8. The highest BCUT2D eigenvalue weighted by molar-refractivity contribution is 7.10. The number of anilines is 2. The van der Waals surface area contributed by atoms with Crippen LogP contribution in [-0.2, 0) is 6.42 Å².